The Labute approximate surface area is 150 Å². The normalized spacial score (nSPS) is 17.9. The van der Waals surface area contributed by atoms with Crippen molar-refractivity contribution >= 4 is 30.1 Å². The van der Waals surface area contributed by atoms with Gasteiger partial charge in [0.25, 0.3) is 0 Å². The predicted molar refractivity (Wildman–Crippen MR) is 100 cm³/mol. The van der Waals surface area contributed by atoms with Crippen molar-refractivity contribution < 1.29 is 4.79 Å². The molecule has 6 heteroatoms. The lowest BCUT2D eigenvalue weighted by molar-refractivity contribution is -0.131. The molecule has 0 aromatic carbocycles. The van der Waals surface area contributed by atoms with Crippen LogP contribution in [0, 0.1) is 0 Å². The van der Waals surface area contributed by atoms with E-state index in [2.05, 4.69) is 22.1 Å². The van der Waals surface area contributed by atoms with E-state index in [1.54, 1.807) is 18.0 Å². The highest BCUT2D eigenvalue weighted by atomic mass is 35.5. The van der Waals surface area contributed by atoms with Gasteiger partial charge in [-0.2, -0.15) is 11.8 Å². The Hall–Kier alpha value is -0.780. The van der Waals surface area contributed by atoms with Gasteiger partial charge in [-0.3, -0.25) is 9.78 Å². The van der Waals surface area contributed by atoms with Crippen molar-refractivity contribution in [3.63, 3.8) is 0 Å². The van der Waals surface area contributed by atoms with Gasteiger partial charge in [-0.15, -0.1) is 12.4 Å². The fourth-order valence-corrected chi connectivity index (χ4v) is 3.56. The lowest BCUT2D eigenvalue weighted by atomic mass is 10.1. The van der Waals surface area contributed by atoms with E-state index in [0.29, 0.717) is 18.3 Å². The van der Waals surface area contributed by atoms with E-state index in [-0.39, 0.29) is 18.3 Å². The number of halogens is 1. The summed E-state index contributed by atoms with van der Waals surface area (Å²) in [5.41, 5.74) is 0.980. The van der Waals surface area contributed by atoms with Crippen LogP contribution in [0.1, 0.15) is 38.3 Å². The van der Waals surface area contributed by atoms with E-state index in [0.717, 1.165) is 50.2 Å². The third-order valence-electron chi connectivity index (χ3n) is 3.94. The number of carbonyl (C=O) groups excluding carboxylic acids is 1. The molecule has 0 aliphatic carbocycles. The van der Waals surface area contributed by atoms with Crippen molar-refractivity contribution in [1.29, 1.82) is 0 Å². The molecule has 1 aliphatic rings. The number of aromatic nitrogens is 1. The van der Waals surface area contributed by atoms with Gasteiger partial charge in [-0.25, -0.2) is 0 Å². The molecule has 1 aromatic rings. The van der Waals surface area contributed by atoms with Gasteiger partial charge in [0.15, 0.2) is 0 Å². The second-order valence-corrected chi connectivity index (χ2v) is 6.84. The first kappa shape index (κ1) is 20.3. The quantitative estimate of drug-likeness (QED) is 0.761. The highest BCUT2D eigenvalue weighted by Crippen LogP contribution is 2.18. The Bertz CT molecular complexity index is 439. The minimum Gasteiger partial charge on any atom is -0.333 e. The second-order valence-electron chi connectivity index (χ2n) is 5.73. The van der Waals surface area contributed by atoms with Crippen molar-refractivity contribution in [1.82, 2.24) is 15.2 Å². The van der Waals surface area contributed by atoms with Crippen LogP contribution in [0.3, 0.4) is 0 Å². The lowest BCUT2D eigenvalue weighted by Gasteiger charge is -2.31. The van der Waals surface area contributed by atoms with Crippen molar-refractivity contribution in [3.05, 3.63) is 30.1 Å². The molecular weight excluding hydrogens is 330 g/mol. The number of amides is 1. The number of hydrogen-bond donors (Lipinski definition) is 1. The lowest BCUT2D eigenvalue weighted by Crippen LogP contribution is -2.41. The number of carbonyl (C=O) groups is 1. The van der Waals surface area contributed by atoms with Crippen LogP contribution in [-0.2, 0) is 11.3 Å². The number of nitrogens with one attached hydrogen (secondary N) is 1. The highest BCUT2D eigenvalue weighted by Gasteiger charge is 2.24. The van der Waals surface area contributed by atoms with Gasteiger partial charge in [0.1, 0.15) is 0 Å². The molecule has 2 heterocycles. The molecule has 23 heavy (non-hydrogen) atoms. The molecule has 1 fully saturated rings. The van der Waals surface area contributed by atoms with Crippen molar-refractivity contribution in [2.75, 3.05) is 24.6 Å². The molecule has 1 aliphatic heterocycles. The van der Waals surface area contributed by atoms with E-state index >= 15 is 0 Å². The summed E-state index contributed by atoms with van der Waals surface area (Å²) in [7, 11) is 0. The summed E-state index contributed by atoms with van der Waals surface area (Å²) in [6.07, 6.45) is 6.18. The Kier molecular flexibility index (Phi) is 10.3. The molecule has 0 radical (unpaired) electrons. The largest absolute Gasteiger partial charge is 0.333 e. The van der Waals surface area contributed by atoms with Crippen molar-refractivity contribution in [2.24, 2.45) is 0 Å². The second kappa shape index (κ2) is 11.7. The average molecular weight is 358 g/mol. The molecule has 1 N–H and O–H groups in total. The third kappa shape index (κ3) is 7.10. The molecule has 0 saturated carbocycles. The SMILES string of the molecule is CCCSCC(=O)N(Cc1ccccn1)C1CCCNCC1.Cl. The molecule has 4 nitrogen and oxygen atoms in total. The zero-order valence-corrected chi connectivity index (χ0v) is 15.5. The predicted octanol–water partition coefficient (Wildman–Crippen LogP) is 3.12. The van der Waals surface area contributed by atoms with E-state index < -0.39 is 0 Å². The zero-order valence-electron chi connectivity index (χ0n) is 13.9. The zero-order chi connectivity index (χ0) is 15.6. The van der Waals surface area contributed by atoms with Crippen LogP contribution >= 0.6 is 24.2 Å². The van der Waals surface area contributed by atoms with Gasteiger partial charge in [-0.1, -0.05) is 13.0 Å². The molecule has 1 saturated heterocycles. The molecule has 1 aromatic heterocycles. The molecule has 0 spiro atoms. The molecule has 130 valence electrons. The van der Waals surface area contributed by atoms with E-state index in [4.69, 9.17) is 0 Å². The summed E-state index contributed by atoms with van der Waals surface area (Å²) >= 11 is 1.74. The summed E-state index contributed by atoms with van der Waals surface area (Å²) in [5, 5.41) is 3.43. The van der Waals surface area contributed by atoms with Crippen molar-refractivity contribution in [3.8, 4) is 0 Å². The summed E-state index contributed by atoms with van der Waals surface area (Å²) < 4.78 is 0. The number of hydrogen-bond acceptors (Lipinski definition) is 4. The Morgan fingerprint density at radius 2 is 2.26 bits per heavy atom. The van der Waals surface area contributed by atoms with Gasteiger partial charge in [-0.05, 0) is 56.7 Å². The summed E-state index contributed by atoms with van der Waals surface area (Å²) in [5.74, 6) is 1.90. The molecule has 1 unspecified atom stereocenters. The minimum atomic E-state index is 0. The smallest absolute Gasteiger partial charge is 0.233 e. The highest BCUT2D eigenvalue weighted by molar-refractivity contribution is 7.99. The van der Waals surface area contributed by atoms with Crippen LogP contribution in [0.2, 0.25) is 0 Å². The summed E-state index contributed by atoms with van der Waals surface area (Å²) in [6.45, 7) is 4.85. The molecule has 2 rings (SSSR count). The molecule has 1 atom stereocenters. The maximum Gasteiger partial charge on any atom is 0.233 e. The topological polar surface area (TPSA) is 45.2 Å². The Balaban J connectivity index is 0.00000264. The standard InChI is InChI=1S/C17H27N3OS.ClH/c1-2-12-22-14-17(21)20(13-15-6-3-4-10-19-15)16-7-5-9-18-11-8-16;/h3-4,6,10,16,18H,2,5,7-9,11-14H2,1H3;1H. The Morgan fingerprint density at radius 1 is 1.39 bits per heavy atom. The van der Waals surface area contributed by atoms with Crippen LogP contribution < -0.4 is 5.32 Å². The van der Waals surface area contributed by atoms with E-state index in [1.807, 2.05) is 18.2 Å². The average Bonchev–Trinajstić information content (AvgIpc) is 2.83. The number of nitrogens with zero attached hydrogens (tertiary/aromatic N) is 2. The fourth-order valence-electron chi connectivity index (χ4n) is 2.79. The monoisotopic (exact) mass is 357 g/mol. The summed E-state index contributed by atoms with van der Waals surface area (Å²) in [4.78, 5) is 19.2. The minimum absolute atomic E-state index is 0. The van der Waals surface area contributed by atoms with E-state index in [1.165, 1.54) is 0 Å². The van der Waals surface area contributed by atoms with Gasteiger partial charge < -0.3 is 10.2 Å². The number of thioether (sulfide) groups is 1. The maximum atomic E-state index is 12.7. The third-order valence-corrected chi connectivity index (χ3v) is 5.09. The van der Waals surface area contributed by atoms with Gasteiger partial charge >= 0.3 is 0 Å². The number of pyridine rings is 1. The fraction of sp³-hybridized carbons (Fsp3) is 0.647. The first-order valence-corrected chi connectivity index (χ1v) is 9.44. The van der Waals surface area contributed by atoms with Gasteiger partial charge in [0.2, 0.25) is 5.91 Å². The first-order valence-electron chi connectivity index (χ1n) is 8.29. The van der Waals surface area contributed by atoms with Crippen molar-refractivity contribution in [2.45, 2.75) is 45.2 Å². The molecular formula is C17H28ClN3OS. The maximum absolute atomic E-state index is 12.7. The van der Waals surface area contributed by atoms with Gasteiger partial charge in [0.05, 0.1) is 18.0 Å². The summed E-state index contributed by atoms with van der Waals surface area (Å²) in [6, 6.07) is 6.26. The van der Waals surface area contributed by atoms with Gasteiger partial charge in [0, 0.05) is 12.2 Å². The molecule has 0 bridgehead atoms. The van der Waals surface area contributed by atoms with Crippen LogP contribution in [0.5, 0.6) is 0 Å². The van der Waals surface area contributed by atoms with Crippen LogP contribution in [0.15, 0.2) is 24.4 Å². The Morgan fingerprint density at radius 3 is 3.00 bits per heavy atom. The van der Waals surface area contributed by atoms with Crippen LogP contribution in [0.4, 0.5) is 0 Å². The van der Waals surface area contributed by atoms with E-state index in [9.17, 15) is 4.79 Å². The van der Waals surface area contributed by atoms with Crippen LogP contribution in [0.25, 0.3) is 0 Å². The first-order chi connectivity index (χ1) is 10.8. The molecule has 1 amide bonds. The number of rotatable bonds is 7. The van der Waals surface area contributed by atoms with Crippen LogP contribution in [-0.4, -0.2) is 46.4 Å².